The summed E-state index contributed by atoms with van der Waals surface area (Å²) in [7, 11) is 0. The SMILES string of the molecule is O=C(Nc1nc2c(s1)CN(Cc1ccccc1)CC2)c1nn(-c2ccccc2)cc1O. The molecule has 0 saturated carbocycles. The Morgan fingerprint density at radius 1 is 1.10 bits per heavy atom. The molecule has 8 heteroatoms. The molecule has 1 amide bonds. The smallest absolute Gasteiger partial charge is 0.281 e. The zero-order valence-electron chi connectivity index (χ0n) is 16.7. The summed E-state index contributed by atoms with van der Waals surface area (Å²) in [5, 5.41) is 17.8. The summed E-state index contributed by atoms with van der Waals surface area (Å²) in [5.74, 6) is -0.642. The molecule has 2 aromatic heterocycles. The standard InChI is InChI=1S/C23H21N5O2S/c29-19-14-28(17-9-5-2-6-10-17)26-21(19)22(30)25-23-24-18-11-12-27(15-20(18)31-23)13-16-7-3-1-4-8-16/h1-10,14,29H,11-13,15H2,(H,24,25,30). The number of carbonyl (C=O) groups is 1. The highest BCUT2D eigenvalue weighted by Crippen LogP contribution is 2.30. The number of para-hydroxylation sites is 1. The van der Waals surface area contributed by atoms with Gasteiger partial charge in [0.2, 0.25) is 0 Å². The number of benzene rings is 2. The summed E-state index contributed by atoms with van der Waals surface area (Å²) >= 11 is 1.48. The highest BCUT2D eigenvalue weighted by Gasteiger charge is 2.23. The van der Waals surface area contributed by atoms with Crippen LogP contribution in [0.5, 0.6) is 5.75 Å². The van der Waals surface area contributed by atoms with Crippen LogP contribution in [0.3, 0.4) is 0 Å². The topological polar surface area (TPSA) is 83.3 Å². The second-order valence-corrected chi connectivity index (χ2v) is 8.52. The quantitative estimate of drug-likeness (QED) is 0.502. The van der Waals surface area contributed by atoms with Crippen LogP contribution in [-0.4, -0.2) is 37.2 Å². The van der Waals surface area contributed by atoms with E-state index in [4.69, 9.17) is 0 Å². The van der Waals surface area contributed by atoms with E-state index in [9.17, 15) is 9.90 Å². The van der Waals surface area contributed by atoms with E-state index >= 15 is 0 Å². The van der Waals surface area contributed by atoms with Crippen LogP contribution in [0.2, 0.25) is 0 Å². The van der Waals surface area contributed by atoms with Gasteiger partial charge in [0.05, 0.1) is 17.6 Å². The van der Waals surface area contributed by atoms with Crippen molar-refractivity contribution in [1.29, 1.82) is 0 Å². The molecule has 1 aliphatic heterocycles. The third-order valence-corrected chi connectivity index (χ3v) is 6.21. The van der Waals surface area contributed by atoms with Gasteiger partial charge in [-0.1, -0.05) is 48.5 Å². The Morgan fingerprint density at radius 2 is 1.84 bits per heavy atom. The van der Waals surface area contributed by atoms with E-state index in [2.05, 4.69) is 44.6 Å². The molecule has 1 aliphatic rings. The Kier molecular flexibility index (Phi) is 5.23. The van der Waals surface area contributed by atoms with Crippen molar-refractivity contribution in [1.82, 2.24) is 19.7 Å². The molecule has 31 heavy (non-hydrogen) atoms. The van der Waals surface area contributed by atoms with E-state index < -0.39 is 5.91 Å². The Hall–Kier alpha value is -3.49. The molecule has 0 spiro atoms. The fourth-order valence-corrected chi connectivity index (χ4v) is 4.72. The fourth-order valence-electron chi connectivity index (χ4n) is 3.67. The maximum atomic E-state index is 12.7. The normalized spacial score (nSPS) is 13.7. The number of thiazole rings is 1. The molecule has 3 heterocycles. The molecular weight excluding hydrogens is 410 g/mol. The van der Waals surface area contributed by atoms with Gasteiger partial charge in [-0.2, -0.15) is 5.10 Å². The minimum atomic E-state index is -0.473. The van der Waals surface area contributed by atoms with Crippen molar-refractivity contribution in [3.8, 4) is 11.4 Å². The Labute approximate surface area is 183 Å². The molecule has 0 fully saturated rings. The number of aromatic hydroxyl groups is 1. The van der Waals surface area contributed by atoms with Crippen LogP contribution in [0, 0.1) is 0 Å². The van der Waals surface area contributed by atoms with Crippen LogP contribution in [0.25, 0.3) is 5.69 Å². The molecule has 2 N–H and O–H groups in total. The lowest BCUT2D eigenvalue weighted by Crippen LogP contribution is -2.29. The number of amides is 1. The average molecular weight is 432 g/mol. The first-order valence-corrected chi connectivity index (χ1v) is 10.9. The lowest BCUT2D eigenvalue weighted by Gasteiger charge is -2.25. The molecule has 156 valence electrons. The van der Waals surface area contributed by atoms with E-state index in [0.717, 1.165) is 42.3 Å². The first-order chi connectivity index (χ1) is 15.2. The van der Waals surface area contributed by atoms with E-state index in [1.54, 1.807) is 0 Å². The van der Waals surface area contributed by atoms with Gasteiger partial charge in [-0.15, -0.1) is 11.3 Å². The molecule has 5 rings (SSSR count). The average Bonchev–Trinajstić information content (AvgIpc) is 3.37. The largest absolute Gasteiger partial charge is 0.504 e. The number of nitrogens with zero attached hydrogens (tertiary/aromatic N) is 4. The third kappa shape index (κ3) is 4.21. The van der Waals surface area contributed by atoms with E-state index in [1.165, 1.54) is 27.8 Å². The minimum Gasteiger partial charge on any atom is -0.504 e. The zero-order chi connectivity index (χ0) is 21.2. The van der Waals surface area contributed by atoms with Crippen LogP contribution in [0.4, 0.5) is 5.13 Å². The number of hydrogen-bond donors (Lipinski definition) is 2. The molecule has 7 nitrogen and oxygen atoms in total. The molecule has 0 unspecified atom stereocenters. The zero-order valence-corrected chi connectivity index (χ0v) is 17.5. The first-order valence-electron chi connectivity index (χ1n) is 10.1. The summed E-state index contributed by atoms with van der Waals surface area (Å²) < 4.78 is 1.48. The van der Waals surface area contributed by atoms with Gasteiger partial charge in [0.1, 0.15) is 0 Å². The highest BCUT2D eigenvalue weighted by molar-refractivity contribution is 7.15. The van der Waals surface area contributed by atoms with Crippen molar-refractivity contribution in [2.45, 2.75) is 19.5 Å². The molecule has 2 aromatic carbocycles. The summed E-state index contributed by atoms with van der Waals surface area (Å²) in [5.41, 5.74) is 3.06. The number of nitrogens with one attached hydrogen (secondary N) is 1. The monoisotopic (exact) mass is 431 g/mol. The summed E-state index contributed by atoms with van der Waals surface area (Å²) in [6.07, 6.45) is 2.28. The fraction of sp³-hybridized carbons (Fsp3) is 0.174. The molecule has 0 radical (unpaired) electrons. The second-order valence-electron chi connectivity index (χ2n) is 7.43. The number of rotatable bonds is 5. The third-order valence-electron chi connectivity index (χ3n) is 5.21. The van der Waals surface area contributed by atoms with Gasteiger partial charge < -0.3 is 5.11 Å². The van der Waals surface area contributed by atoms with Crippen LogP contribution in [-0.2, 0) is 19.5 Å². The molecule has 0 bridgehead atoms. The second kappa shape index (κ2) is 8.33. The Balaban J connectivity index is 1.28. The van der Waals surface area contributed by atoms with Gasteiger partial charge in [0.15, 0.2) is 16.6 Å². The Morgan fingerprint density at radius 3 is 2.61 bits per heavy atom. The van der Waals surface area contributed by atoms with Crippen LogP contribution < -0.4 is 5.32 Å². The maximum absolute atomic E-state index is 12.7. The predicted octanol–water partition coefficient (Wildman–Crippen LogP) is 3.85. The van der Waals surface area contributed by atoms with E-state index in [0.29, 0.717) is 5.13 Å². The van der Waals surface area contributed by atoms with E-state index in [1.807, 2.05) is 36.4 Å². The number of anilines is 1. The van der Waals surface area contributed by atoms with Crippen LogP contribution >= 0.6 is 11.3 Å². The van der Waals surface area contributed by atoms with Crippen LogP contribution in [0.1, 0.15) is 26.6 Å². The van der Waals surface area contributed by atoms with Crippen molar-refractivity contribution in [3.05, 3.63) is 88.7 Å². The van der Waals surface area contributed by atoms with Crippen molar-refractivity contribution < 1.29 is 9.90 Å². The number of fused-ring (bicyclic) bond motifs is 1. The summed E-state index contributed by atoms with van der Waals surface area (Å²) in [6.45, 7) is 2.64. The van der Waals surface area contributed by atoms with Crippen molar-refractivity contribution in [2.75, 3.05) is 11.9 Å². The van der Waals surface area contributed by atoms with Gasteiger partial charge >= 0.3 is 0 Å². The van der Waals surface area contributed by atoms with Crippen LogP contribution in [0.15, 0.2) is 66.9 Å². The molecule has 0 atom stereocenters. The first kappa shape index (κ1) is 19.5. The minimum absolute atomic E-state index is 0.0253. The number of aromatic nitrogens is 3. The van der Waals surface area contributed by atoms with Gasteiger partial charge in [-0.25, -0.2) is 9.67 Å². The number of carbonyl (C=O) groups excluding carboxylic acids is 1. The molecule has 0 aliphatic carbocycles. The predicted molar refractivity (Wildman–Crippen MR) is 120 cm³/mol. The molecular formula is C23H21N5O2S. The van der Waals surface area contributed by atoms with Crippen molar-refractivity contribution in [2.24, 2.45) is 0 Å². The van der Waals surface area contributed by atoms with Gasteiger partial charge in [-0.3, -0.25) is 15.0 Å². The van der Waals surface area contributed by atoms with Gasteiger partial charge in [0.25, 0.3) is 5.91 Å². The highest BCUT2D eigenvalue weighted by atomic mass is 32.1. The lowest BCUT2D eigenvalue weighted by molar-refractivity contribution is 0.101. The molecule has 0 saturated heterocycles. The maximum Gasteiger partial charge on any atom is 0.281 e. The summed E-state index contributed by atoms with van der Waals surface area (Å²) in [4.78, 5) is 20.9. The Bertz CT molecular complexity index is 1200. The van der Waals surface area contributed by atoms with Crippen molar-refractivity contribution >= 4 is 22.4 Å². The lowest BCUT2D eigenvalue weighted by atomic mass is 10.1. The van der Waals surface area contributed by atoms with Crippen molar-refractivity contribution in [3.63, 3.8) is 0 Å². The number of hydrogen-bond acceptors (Lipinski definition) is 6. The van der Waals surface area contributed by atoms with Gasteiger partial charge in [0, 0.05) is 30.9 Å². The summed E-state index contributed by atoms with van der Waals surface area (Å²) in [6, 6.07) is 19.7. The molecule has 4 aromatic rings. The van der Waals surface area contributed by atoms with Gasteiger partial charge in [-0.05, 0) is 17.7 Å². The van der Waals surface area contributed by atoms with E-state index in [-0.39, 0.29) is 11.4 Å².